The van der Waals surface area contributed by atoms with E-state index in [-0.39, 0.29) is 13.2 Å². The molecule has 0 aliphatic carbocycles. The van der Waals surface area contributed by atoms with Gasteiger partial charge in [-0.25, -0.2) is 4.39 Å². The highest BCUT2D eigenvalue weighted by Crippen LogP contribution is 2.38. The number of benzene rings is 1. The van der Waals surface area contributed by atoms with Gasteiger partial charge in [0.15, 0.2) is 5.67 Å². The van der Waals surface area contributed by atoms with Crippen LogP contribution >= 0.6 is 11.6 Å². The molecule has 0 amide bonds. The summed E-state index contributed by atoms with van der Waals surface area (Å²) in [7, 11) is 1.61. The van der Waals surface area contributed by atoms with E-state index >= 15 is 0 Å². The zero-order chi connectivity index (χ0) is 10.9. The molecule has 1 saturated heterocycles. The van der Waals surface area contributed by atoms with Gasteiger partial charge in [-0.3, -0.25) is 0 Å². The average Bonchev–Trinajstić information content (AvgIpc) is 2.15. The number of hydrogen-bond donors (Lipinski definition) is 0. The maximum absolute atomic E-state index is 14.0. The van der Waals surface area contributed by atoms with Gasteiger partial charge < -0.3 is 9.47 Å². The van der Waals surface area contributed by atoms with Crippen LogP contribution in [0.3, 0.4) is 0 Å². The van der Waals surface area contributed by atoms with Crippen molar-refractivity contribution in [2.45, 2.75) is 12.3 Å². The zero-order valence-corrected chi connectivity index (χ0v) is 9.18. The Morgan fingerprint density at radius 3 is 2.73 bits per heavy atom. The van der Waals surface area contributed by atoms with Crippen LogP contribution in [0.5, 0.6) is 0 Å². The fraction of sp³-hybridized carbons (Fsp3) is 0.455. The second-order valence-electron chi connectivity index (χ2n) is 3.71. The molecule has 0 atom stereocenters. The molecule has 0 bridgehead atoms. The van der Waals surface area contributed by atoms with E-state index in [9.17, 15) is 4.39 Å². The molecule has 0 aromatic heterocycles. The molecule has 1 aliphatic rings. The molecule has 0 radical (unpaired) electrons. The van der Waals surface area contributed by atoms with E-state index < -0.39 is 5.67 Å². The Labute approximate surface area is 92.9 Å². The van der Waals surface area contributed by atoms with E-state index in [2.05, 4.69) is 0 Å². The lowest BCUT2D eigenvalue weighted by molar-refractivity contribution is -0.135. The minimum atomic E-state index is -1.40. The molecule has 2 nitrogen and oxygen atoms in total. The van der Waals surface area contributed by atoms with E-state index in [1.54, 1.807) is 19.2 Å². The molecule has 82 valence electrons. The van der Waals surface area contributed by atoms with E-state index in [4.69, 9.17) is 21.1 Å². The third-order valence-corrected chi connectivity index (χ3v) is 2.80. The second kappa shape index (κ2) is 4.08. The van der Waals surface area contributed by atoms with Crippen LogP contribution in [0.4, 0.5) is 4.39 Å². The summed E-state index contributed by atoms with van der Waals surface area (Å²) in [5.74, 6) is 0. The molecule has 4 heteroatoms. The van der Waals surface area contributed by atoms with Crippen LogP contribution in [0.2, 0.25) is 5.02 Å². The Morgan fingerprint density at radius 2 is 2.27 bits per heavy atom. The fourth-order valence-corrected chi connectivity index (χ4v) is 1.99. The smallest absolute Gasteiger partial charge is 0.183 e. The first kappa shape index (κ1) is 10.9. The lowest BCUT2D eigenvalue weighted by atomic mass is 9.93. The van der Waals surface area contributed by atoms with Crippen LogP contribution in [0.15, 0.2) is 18.2 Å². The van der Waals surface area contributed by atoms with Crippen molar-refractivity contribution in [3.63, 3.8) is 0 Å². The summed E-state index contributed by atoms with van der Waals surface area (Å²) in [6.07, 6.45) is 0. The number of methoxy groups -OCH3 is 1. The van der Waals surface area contributed by atoms with Crippen molar-refractivity contribution in [3.8, 4) is 0 Å². The number of ether oxygens (including phenoxy) is 2. The van der Waals surface area contributed by atoms with Gasteiger partial charge in [-0.1, -0.05) is 23.7 Å². The van der Waals surface area contributed by atoms with Gasteiger partial charge >= 0.3 is 0 Å². The van der Waals surface area contributed by atoms with Crippen LogP contribution < -0.4 is 0 Å². The third kappa shape index (κ3) is 2.00. The maximum Gasteiger partial charge on any atom is 0.183 e. The lowest BCUT2D eigenvalue weighted by Gasteiger charge is -2.34. The van der Waals surface area contributed by atoms with Crippen molar-refractivity contribution < 1.29 is 13.9 Å². The van der Waals surface area contributed by atoms with Gasteiger partial charge in [0.1, 0.15) is 0 Å². The number of rotatable bonds is 3. The van der Waals surface area contributed by atoms with Crippen LogP contribution in [0, 0.1) is 0 Å². The predicted molar refractivity (Wildman–Crippen MR) is 55.8 cm³/mol. The van der Waals surface area contributed by atoms with Crippen LogP contribution in [0.1, 0.15) is 11.1 Å². The first-order valence-corrected chi connectivity index (χ1v) is 5.08. The normalized spacial score (nSPS) is 18.6. The molecule has 0 saturated carbocycles. The Bertz CT molecular complexity index is 364. The summed E-state index contributed by atoms with van der Waals surface area (Å²) >= 11 is 6.01. The molecule has 0 unspecified atom stereocenters. The molecule has 1 aliphatic heterocycles. The average molecular weight is 231 g/mol. The highest BCUT2D eigenvalue weighted by Gasteiger charge is 2.42. The highest BCUT2D eigenvalue weighted by atomic mass is 35.5. The number of halogens is 2. The topological polar surface area (TPSA) is 18.5 Å². The minimum Gasteiger partial charge on any atom is -0.380 e. The summed E-state index contributed by atoms with van der Waals surface area (Å²) in [5.41, 5.74) is 0.0493. The Balaban J connectivity index is 2.26. The van der Waals surface area contributed by atoms with Crippen molar-refractivity contribution in [2.24, 2.45) is 0 Å². The van der Waals surface area contributed by atoms with Gasteiger partial charge in [0, 0.05) is 17.7 Å². The van der Waals surface area contributed by atoms with Crippen molar-refractivity contribution >= 4 is 11.6 Å². The quantitative estimate of drug-likeness (QED) is 0.795. The van der Waals surface area contributed by atoms with E-state index in [0.717, 1.165) is 5.56 Å². The van der Waals surface area contributed by atoms with Gasteiger partial charge in [-0.05, 0) is 11.6 Å². The Hall–Kier alpha value is -0.640. The van der Waals surface area contributed by atoms with Crippen molar-refractivity contribution in [1.29, 1.82) is 0 Å². The van der Waals surface area contributed by atoms with Gasteiger partial charge in [-0.2, -0.15) is 0 Å². The summed E-state index contributed by atoms with van der Waals surface area (Å²) in [4.78, 5) is 0. The van der Waals surface area contributed by atoms with Gasteiger partial charge in [0.25, 0.3) is 0 Å². The molecule has 15 heavy (non-hydrogen) atoms. The highest BCUT2D eigenvalue weighted by molar-refractivity contribution is 6.31. The monoisotopic (exact) mass is 230 g/mol. The molecule has 1 aromatic rings. The number of hydrogen-bond acceptors (Lipinski definition) is 2. The molecule has 1 aromatic carbocycles. The van der Waals surface area contributed by atoms with E-state index in [0.29, 0.717) is 17.2 Å². The largest absolute Gasteiger partial charge is 0.380 e. The van der Waals surface area contributed by atoms with Gasteiger partial charge in [-0.15, -0.1) is 0 Å². The first-order valence-electron chi connectivity index (χ1n) is 4.70. The third-order valence-electron chi connectivity index (χ3n) is 2.49. The van der Waals surface area contributed by atoms with Crippen LogP contribution in [-0.4, -0.2) is 20.3 Å². The fourth-order valence-electron chi connectivity index (χ4n) is 1.62. The molecule has 0 spiro atoms. The van der Waals surface area contributed by atoms with E-state index in [1.807, 2.05) is 6.07 Å². The number of alkyl halides is 1. The SMILES string of the molecule is COCc1ccc(C2(F)COC2)c(Cl)c1. The lowest BCUT2D eigenvalue weighted by Crippen LogP contribution is -2.42. The second-order valence-corrected chi connectivity index (χ2v) is 4.11. The van der Waals surface area contributed by atoms with Crippen LogP contribution in [-0.2, 0) is 21.7 Å². The molecule has 0 N–H and O–H groups in total. The molecule has 1 heterocycles. The summed E-state index contributed by atoms with van der Waals surface area (Å²) in [5, 5.41) is 0.440. The molecule has 1 fully saturated rings. The standard InChI is InChI=1S/C11H12ClFO2/c1-14-5-8-2-3-9(10(12)4-8)11(13)6-15-7-11/h2-4H,5-7H2,1H3. The zero-order valence-electron chi connectivity index (χ0n) is 8.43. The van der Waals surface area contributed by atoms with Crippen LogP contribution in [0.25, 0.3) is 0 Å². The first-order chi connectivity index (χ1) is 7.15. The van der Waals surface area contributed by atoms with E-state index in [1.165, 1.54) is 0 Å². The predicted octanol–water partition coefficient (Wildman–Crippen LogP) is 2.68. The van der Waals surface area contributed by atoms with Crippen molar-refractivity contribution in [1.82, 2.24) is 0 Å². The molecular formula is C11H12ClFO2. The Kier molecular flexibility index (Phi) is 2.96. The summed E-state index contributed by atoms with van der Waals surface area (Å²) < 4.78 is 23.8. The summed E-state index contributed by atoms with van der Waals surface area (Å²) in [6.45, 7) is 0.669. The molecular weight excluding hydrogens is 219 g/mol. The minimum absolute atomic E-state index is 0.0936. The molecule has 2 rings (SSSR count). The van der Waals surface area contributed by atoms with Gasteiger partial charge in [0.2, 0.25) is 0 Å². The summed E-state index contributed by atoms with van der Waals surface area (Å²) in [6, 6.07) is 5.27. The Morgan fingerprint density at radius 1 is 1.53 bits per heavy atom. The van der Waals surface area contributed by atoms with Crippen molar-refractivity contribution in [3.05, 3.63) is 34.3 Å². The van der Waals surface area contributed by atoms with Gasteiger partial charge in [0.05, 0.1) is 19.8 Å². The van der Waals surface area contributed by atoms with Crippen molar-refractivity contribution in [2.75, 3.05) is 20.3 Å². The maximum atomic E-state index is 14.0.